The highest BCUT2D eigenvalue weighted by Gasteiger charge is 2.30. The van der Waals surface area contributed by atoms with Gasteiger partial charge in [0.05, 0.1) is 0 Å². The summed E-state index contributed by atoms with van der Waals surface area (Å²) < 4.78 is 0. The molecule has 3 atom stereocenters. The predicted molar refractivity (Wildman–Crippen MR) is 92.7 cm³/mol. The molecular formula is C20H26N2. The van der Waals surface area contributed by atoms with Gasteiger partial charge in [-0.3, -0.25) is 0 Å². The molecule has 3 rings (SSSR count). The van der Waals surface area contributed by atoms with Crippen LogP contribution in [-0.2, 0) is 0 Å². The summed E-state index contributed by atoms with van der Waals surface area (Å²) in [5.74, 6) is 0.590. The van der Waals surface area contributed by atoms with Crippen LogP contribution in [0.25, 0.3) is 0 Å². The minimum Gasteiger partial charge on any atom is -0.312 e. The molecular weight excluding hydrogens is 268 g/mol. The molecule has 0 radical (unpaired) electrons. The molecule has 0 unspecified atom stereocenters. The summed E-state index contributed by atoms with van der Waals surface area (Å²) >= 11 is 0. The smallest absolute Gasteiger partial charge is 0.0483 e. The fourth-order valence-electron chi connectivity index (χ4n) is 3.45. The van der Waals surface area contributed by atoms with Gasteiger partial charge in [-0.15, -0.1) is 0 Å². The Labute approximate surface area is 134 Å². The largest absolute Gasteiger partial charge is 0.312 e. The fourth-order valence-corrected chi connectivity index (χ4v) is 3.45. The van der Waals surface area contributed by atoms with Gasteiger partial charge in [-0.1, -0.05) is 74.5 Å². The number of benzene rings is 2. The van der Waals surface area contributed by atoms with E-state index in [0.717, 1.165) is 13.0 Å². The third-order valence-corrected chi connectivity index (χ3v) is 4.63. The molecule has 2 aromatic carbocycles. The van der Waals surface area contributed by atoms with Crippen LogP contribution in [0.1, 0.15) is 43.5 Å². The van der Waals surface area contributed by atoms with Gasteiger partial charge in [0, 0.05) is 18.1 Å². The van der Waals surface area contributed by atoms with Gasteiger partial charge in [0.15, 0.2) is 0 Å². The Morgan fingerprint density at radius 1 is 0.864 bits per heavy atom. The topological polar surface area (TPSA) is 24.1 Å². The summed E-state index contributed by atoms with van der Waals surface area (Å²) in [4.78, 5) is 0. The third kappa shape index (κ3) is 3.40. The van der Waals surface area contributed by atoms with Gasteiger partial charge in [-0.05, 0) is 30.0 Å². The average Bonchev–Trinajstić information content (AvgIpc) is 2.79. The highest BCUT2D eigenvalue weighted by molar-refractivity contribution is 5.25. The van der Waals surface area contributed by atoms with Crippen molar-refractivity contribution in [1.82, 2.24) is 10.6 Å². The van der Waals surface area contributed by atoms with Crippen molar-refractivity contribution in [2.45, 2.75) is 38.4 Å². The van der Waals surface area contributed by atoms with Crippen LogP contribution in [0.15, 0.2) is 60.7 Å². The monoisotopic (exact) mass is 294 g/mol. The molecule has 0 saturated carbocycles. The SMILES string of the molecule is CC(C)[C@@H]1NCC[C@@H](c2ccccc2)N[C@H]1c1ccccc1. The normalized spacial score (nSPS) is 25.9. The summed E-state index contributed by atoms with van der Waals surface area (Å²) in [6.45, 7) is 5.66. The van der Waals surface area contributed by atoms with Crippen LogP contribution >= 0.6 is 0 Å². The molecule has 0 bridgehead atoms. The van der Waals surface area contributed by atoms with Crippen LogP contribution in [0.3, 0.4) is 0 Å². The van der Waals surface area contributed by atoms with E-state index in [1.807, 2.05) is 0 Å². The van der Waals surface area contributed by atoms with Crippen LogP contribution in [0.4, 0.5) is 0 Å². The van der Waals surface area contributed by atoms with Crippen LogP contribution < -0.4 is 10.6 Å². The van der Waals surface area contributed by atoms with Gasteiger partial charge in [0.1, 0.15) is 0 Å². The number of hydrogen-bond acceptors (Lipinski definition) is 2. The Hall–Kier alpha value is -1.64. The molecule has 0 aromatic heterocycles. The van der Waals surface area contributed by atoms with Crippen molar-refractivity contribution in [1.29, 1.82) is 0 Å². The molecule has 1 heterocycles. The molecule has 116 valence electrons. The lowest BCUT2D eigenvalue weighted by atomic mass is 9.90. The summed E-state index contributed by atoms with van der Waals surface area (Å²) in [5.41, 5.74) is 2.76. The van der Waals surface area contributed by atoms with Crippen molar-refractivity contribution in [3.05, 3.63) is 71.8 Å². The van der Waals surface area contributed by atoms with Crippen LogP contribution in [-0.4, -0.2) is 12.6 Å². The molecule has 2 nitrogen and oxygen atoms in total. The fraction of sp³-hybridized carbons (Fsp3) is 0.400. The Kier molecular flexibility index (Phi) is 4.91. The lowest BCUT2D eigenvalue weighted by Crippen LogP contribution is -2.42. The van der Waals surface area contributed by atoms with Gasteiger partial charge < -0.3 is 10.6 Å². The Balaban J connectivity index is 1.90. The van der Waals surface area contributed by atoms with Crippen molar-refractivity contribution < 1.29 is 0 Å². The second kappa shape index (κ2) is 7.08. The van der Waals surface area contributed by atoms with Crippen LogP contribution in [0.5, 0.6) is 0 Å². The molecule has 1 saturated heterocycles. The van der Waals surface area contributed by atoms with E-state index >= 15 is 0 Å². The van der Waals surface area contributed by atoms with Crippen LogP contribution in [0, 0.1) is 5.92 Å². The number of nitrogens with one attached hydrogen (secondary N) is 2. The Morgan fingerprint density at radius 3 is 2.05 bits per heavy atom. The highest BCUT2D eigenvalue weighted by atomic mass is 15.1. The lowest BCUT2D eigenvalue weighted by molar-refractivity contribution is 0.321. The zero-order valence-electron chi connectivity index (χ0n) is 13.5. The molecule has 2 aromatic rings. The number of rotatable bonds is 3. The highest BCUT2D eigenvalue weighted by Crippen LogP contribution is 2.29. The maximum absolute atomic E-state index is 3.92. The van der Waals surface area contributed by atoms with Gasteiger partial charge >= 0.3 is 0 Å². The van der Waals surface area contributed by atoms with Crippen molar-refractivity contribution >= 4 is 0 Å². The summed E-state index contributed by atoms with van der Waals surface area (Å²) in [7, 11) is 0. The Bertz CT molecular complexity index is 565. The lowest BCUT2D eigenvalue weighted by Gasteiger charge is -2.31. The van der Waals surface area contributed by atoms with E-state index in [0.29, 0.717) is 24.0 Å². The van der Waals surface area contributed by atoms with Gasteiger partial charge in [0.25, 0.3) is 0 Å². The van der Waals surface area contributed by atoms with Crippen molar-refractivity contribution in [3.8, 4) is 0 Å². The summed E-state index contributed by atoms with van der Waals surface area (Å²) in [5, 5.41) is 7.68. The summed E-state index contributed by atoms with van der Waals surface area (Å²) in [6.07, 6.45) is 1.12. The zero-order valence-corrected chi connectivity index (χ0v) is 13.5. The van der Waals surface area contributed by atoms with E-state index in [4.69, 9.17) is 0 Å². The molecule has 1 aliphatic rings. The molecule has 1 aliphatic heterocycles. The molecule has 2 heteroatoms. The minimum atomic E-state index is 0.342. The zero-order chi connectivity index (χ0) is 15.4. The molecule has 2 N–H and O–H groups in total. The Morgan fingerprint density at radius 2 is 1.45 bits per heavy atom. The molecule has 0 amide bonds. The average molecular weight is 294 g/mol. The van der Waals surface area contributed by atoms with E-state index in [-0.39, 0.29) is 0 Å². The molecule has 0 spiro atoms. The second-order valence-corrected chi connectivity index (χ2v) is 6.53. The second-order valence-electron chi connectivity index (χ2n) is 6.53. The molecule has 22 heavy (non-hydrogen) atoms. The molecule has 0 aliphatic carbocycles. The van der Waals surface area contributed by atoms with Crippen molar-refractivity contribution in [2.24, 2.45) is 5.92 Å². The van der Waals surface area contributed by atoms with E-state index in [9.17, 15) is 0 Å². The van der Waals surface area contributed by atoms with Gasteiger partial charge in [-0.2, -0.15) is 0 Å². The third-order valence-electron chi connectivity index (χ3n) is 4.63. The quantitative estimate of drug-likeness (QED) is 0.891. The van der Waals surface area contributed by atoms with Gasteiger partial charge in [0.2, 0.25) is 0 Å². The first kappa shape index (κ1) is 15.3. The van der Waals surface area contributed by atoms with E-state index in [1.165, 1.54) is 11.1 Å². The van der Waals surface area contributed by atoms with E-state index in [1.54, 1.807) is 0 Å². The molecule has 1 fully saturated rings. The van der Waals surface area contributed by atoms with Gasteiger partial charge in [-0.25, -0.2) is 0 Å². The van der Waals surface area contributed by atoms with E-state index in [2.05, 4.69) is 85.1 Å². The predicted octanol–water partition coefficient (Wildman–Crippen LogP) is 4.08. The minimum absolute atomic E-state index is 0.342. The number of hydrogen-bond donors (Lipinski definition) is 2. The van der Waals surface area contributed by atoms with Crippen LogP contribution in [0.2, 0.25) is 0 Å². The maximum atomic E-state index is 3.92. The van der Waals surface area contributed by atoms with Crippen molar-refractivity contribution in [2.75, 3.05) is 6.54 Å². The maximum Gasteiger partial charge on any atom is 0.0483 e. The van der Waals surface area contributed by atoms with E-state index < -0.39 is 0 Å². The van der Waals surface area contributed by atoms with Crippen molar-refractivity contribution in [3.63, 3.8) is 0 Å². The first-order valence-electron chi connectivity index (χ1n) is 8.35. The first-order valence-corrected chi connectivity index (χ1v) is 8.35. The standard InChI is InChI=1S/C20H26N2/c1-15(2)19-20(17-11-7-4-8-12-17)22-18(13-14-21-19)16-9-5-3-6-10-16/h3-12,15,18-22H,13-14H2,1-2H3/t18-,19-,20-/m0/s1. The summed E-state index contributed by atoms with van der Waals surface area (Å²) in [6, 6.07) is 22.9. The first-order chi connectivity index (χ1) is 10.8.